The molecular weight excluding hydrogens is 274 g/mol. The van der Waals surface area contributed by atoms with Crippen LogP contribution in [0.3, 0.4) is 0 Å². The van der Waals surface area contributed by atoms with Gasteiger partial charge in [0.2, 0.25) is 0 Å². The minimum Gasteiger partial charge on any atom is -0.205 e. The van der Waals surface area contributed by atoms with Crippen molar-refractivity contribution in [2.75, 3.05) is 5.75 Å². The van der Waals surface area contributed by atoms with E-state index in [4.69, 9.17) is 5.26 Å². The summed E-state index contributed by atoms with van der Waals surface area (Å²) < 4.78 is 24.5. The Bertz CT molecular complexity index is 770. The molecule has 0 spiro atoms. The van der Waals surface area contributed by atoms with Crippen LogP contribution >= 0.6 is 0 Å². The van der Waals surface area contributed by atoms with Crippen molar-refractivity contribution in [3.8, 4) is 17.2 Å². The molecule has 0 aliphatic rings. The third-order valence-corrected chi connectivity index (χ3v) is 4.59. The average molecular weight is 289 g/mol. The van der Waals surface area contributed by atoms with Gasteiger partial charge in [-0.1, -0.05) is 18.2 Å². The first kappa shape index (κ1) is 14.3. The first-order valence-corrected chi connectivity index (χ1v) is 7.83. The molecule has 104 valence electrons. The van der Waals surface area contributed by atoms with Crippen LogP contribution in [0.25, 0.3) is 11.1 Å². The smallest absolute Gasteiger partial charge is 0.205 e. The van der Waals surface area contributed by atoms with Gasteiger partial charge in [-0.05, 0) is 30.5 Å². The second-order valence-corrected chi connectivity index (χ2v) is 6.60. The van der Waals surface area contributed by atoms with E-state index in [0.717, 1.165) is 26.3 Å². The molecule has 0 N–H and O–H groups in total. The number of hydrogen-bond acceptors (Lipinski definition) is 4. The van der Waals surface area contributed by atoms with Crippen molar-refractivity contribution in [2.45, 2.75) is 20.3 Å². The number of benzene rings is 1. The van der Waals surface area contributed by atoms with Crippen molar-refractivity contribution >= 4 is 10.0 Å². The predicted molar refractivity (Wildman–Crippen MR) is 76.6 cm³/mol. The molecule has 6 heteroatoms. The molecule has 0 unspecified atom stereocenters. The van der Waals surface area contributed by atoms with Gasteiger partial charge < -0.3 is 0 Å². The quantitative estimate of drug-likeness (QED) is 0.864. The van der Waals surface area contributed by atoms with Crippen molar-refractivity contribution < 1.29 is 8.42 Å². The standard InChI is InChI=1S/C14H15N3O2S/c1-3-20(18,19)17-10-13(9-16-17)14-5-4-12(6-7-15)8-11(14)2/h4-5,8-10H,3,6H2,1-2H3. The van der Waals surface area contributed by atoms with Gasteiger partial charge in [-0.3, -0.25) is 0 Å². The molecule has 0 atom stereocenters. The zero-order valence-corrected chi connectivity index (χ0v) is 12.2. The van der Waals surface area contributed by atoms with Gasteiger partial charge >= 0.3 is 0 Å². The molecule has 0 amide bonds. The highest BCUT2D eigenvalue weighted by Crippen LogP contribution is 2.24. The van der Waals surface area contributed by atoms with Crippen LogP contribution in [-0.4, -0.2) is 23.4 Å². The lowest BCUT2D eigenvalue weighted by molar-refractivity contribution is 0.581. The Morgan fingerprint density at radius 2 is 2.15 bits per heavy atom. The monoisotopic (exact) mass is 289 g/mol. The van der Waals surface area contributed by atoms with Crippen LogP contribution in [0.15, 0.2) is 30.6 Å². The number of nitriles is 1. The Kier molecular flexibility index (Phi) is 3.91. The number of aromatic nitrogens is 2. The SMILES string of the molecule is CCS(=O)(=O)n1cc(-c2ccc(CC#N)cc2C)cn1. The van der Waals surface area contributed by atoms with Gasteiger partial charge in [0.15, 0.2) is 0 Å². The molecular formula is C14H15N3O2S. The van der Waals surface area contributed by atoms with E-state index in [1.54, 1.807) is 13.1 Å². The van der Waals surface area contributed by atoms with Gasteiger partial charge in [0.05, 0.1) is 30.6 Å². The summed E-state index contributed by atoms with van der Waals surface area (Å²) in [5.41, 5.74) is 3.61. The summed E-state index contributed by atoms with van der Waals surface area (Å²) in [5.74, 6) is 0.00814. The maximum Gasteiger partial charge on any atom is 0.253 e. The molecule has 0 fully saturated rings. The lowest BCUT2D eigenvalue weighted by Gasteiger charge is -2.05. The van der Waals surface area contributed by atoms with E-state index in [9.17, 15) is 8.42 Å². The van der Waals surface area contributed by atoms with Crippen LogP contribution in [0.2, 0.25) is 0 Å². The van der Waals surface area contributed by atoms with Crippen molar-refractivity contribution in [3.63, 3.8) is 0 Å². The molecule has 5 nitrogen and oxygen atoms in total. The van der Waals surface area contributed by atoms with Crippen LogP contribution in [0.4, 0.5) is 0 Å². The van der Waals surface area contributed by atoms with Gasteiger partial charge in [-0.2, -0.15) is 14.4 Å². The van der Waals surface area contributed by atoms with Gasteiger partial charge in [-0.25, -0.2) is 8.42 Å². The molecule has 0 radical (unpaired) electrons. The van der Waals surface area contributed by atoms with Gasteiger partial charge in [-0.15, -0.1) is 0 Å². The van der Waals surface area contributed by atoms with E-state index in [2.05, 4.69) is 11.2 Å². The third-order valence-electron chi connectivity index (χ3n) is 3.09. The van der Waals surface area contributed by atoms with E-state index >= 15 is 0 Å². The fourth-order valence-corrected chi connectivity index (χ4v) is 2.71. The number of aryl methyl sites for hydroxylation is 1. The minimum atomic E-state index is -3.35. The highest BCUT2D eigenvalue weighted by molar-refractivity contribution is 7.89. The Morgan fingerprint density at radius 1 is 1.40 bits per heavy atom. The van der Waals surface area contributed by atoms with E-state index < -0.39 is 10.0 Å². The highest BCUT2D eigenvalue weighted by atomic mass is 32.2. The van der Waals surface area contributed by atoms with Crippen molar-refractivity contribution in [3.05, 3.63) is 41.7 Å². The molecule has 2 rings (SSSR count). The number of rotatable bonds is 4. The largest absolute Gasteiger partial charge is 0.253 e. The fraction of sp³-hybridized carbons (Fsp3) is 0.286. The molecule has 0 aliphatic carbocycles. The summed E-state index contributed by atoms with van der Waals surface area (Å²) in [6.07, 6.45) is 3.43. The van der Waals surface area contributed by atoms with Crippen molar-refractivity contribution in [1.29, 1.82) is 5.26 Å². The Labute approximate surface area is 118 Å². The second kappa shape index (κ2) is 5.47. The summed E-state index contributed by atoms with van der Waals surface area (Å²) >= 11 is 0. The molecule has 2 aromatic rings. The average Bonchev–Trinajstić information content (AvgIpc) is 2.89. The van der Waals surface area contributed by atoms with Gasteiger partial charge in [0, 0.05) is 5.56 Å². The zero-order chi connectivity index (χ0) is 14.8. The van der Waals surface area contributed by atoms with Crippen LogP contribution in [0, 0.1) is 18.3 Å². The Balaban J connectivity index is 2.41. The third kappa shape index (κ3) is 2.73. The van der Waals surface area contributed by atoms with Crippen LogP contribution < -0.4 is 0 Å². The molecule has 0 bridgehead atoms. The predicted octanol–water partition coefficient (Wildman–Crippen LogP) is 2.12. The molecule has 0 saturated heterocycles. The maximum atomic E-state index is 11.7. The molecule has 1 heterocycles. The number of nitrogens with zero attached hydrogens (tertiary/aromatic N) is 3. The Hall–Kier alpha value is -2.13. The summed E-state index contributed by atoms with van der Waals surface area (Å²) in [4.78, 5) is 0. The molecule has 0 aliphatic heterocycles. The minimum absolute atomic E-state index is 0.00814. The van der Waals surface area contributed by atoms with E-state index in [0.29, 0.717) is 6.42 Å². The summed E-state index contributed by atoms with van der Waals surface area (Å²) in [6, 6.07) is 7.80. The summed E-state index contributed by atoms with van der Waals surface area (Å²) in [7, 11) is -3.35. The van der Waals surface area contributed by atoms with Crippen molar-refractivity contribution in [1.82, 2.24) is 9.19 Å². The van der Waals surface area contributed by atoms with Crippen LogP contribution in [-0.2, 0) is 16.4 Å². The lowest BCUT2D eigenvalue weighted by Crippen LogP contribution is -2.14. The van der Waals surface area contributed by atoms with Crippen molar-refractivity contribution in [2.24, 2.45) is 0 Å². The van der Waals surface area contributed by atoms with E-state index in [1.165, 1.54) is 6.20 Å². The normalized spacial score (nSPS) is 11.2. The fourth-order valence-electron chi connectivity index (χ4n) is 1.98. The highest BCUT2D eigenvalue weighted by Gasteiger charge is 2.13. The molecule has 1 aromatic heterocycles. The van der Waals surface area contributed by atoms with Gasteiger partial charge in [0.1, 0.15) is 0 Å². The first-order chi connectivity index (χ1) is 9.47. The number of hydrogen-bond donors (Lipinski definition) is 0. The summed E-state index contributed by atoms with van der Waals surface area (Å²) in [6.45, 7) is 3.51. The molecule has 20 heavy (non-hydrogen) atoms. The zero-order valence-electron chi connectivity index (χ0n) is 11.4. The first-order valence-electron chi connectivity index (χ1n) is 6.22. The lowest BCUT2D eigenvalue weighted by atomic mass is 10.00. The summed E-state index contributed by atoms with van der Waals surface area (Å²) in [5, 5.41) is 12.6. The van der Waals surface area contributed by atoms with Crippen LogP contribution in [0.5, 0.6) is 0 Å². The second-order valence-electron chi connectivity index (χ2n) is 4.49. The van der Waals surface area contributed by atoms with E-state index in [1.807, 2.05) is 25.1 Å². The molecule has 1 aromatic carbocycles. The van der Waals surface area contributed by atoms with E-state index in [-0.39, 0.29) is 5.75 Å². The van der Waals surface area contributed by atoms with Crippen LogP contribution in [0.1, 0.15) is 18.1 Å². The van der Waals surface area contributed by atoms with Gasteiger partial charge in [0.25, 0.3) is 10.0 Å². The Morgan fingerprint density at radius 3 is 2.75 bits per heavy atom. The topological polar surface area (TPSA) is 75.8 Å². The maximum absolute atomic E-state index is 11.7. The molecule has 0 saturated carbocycles.